The number of Topliss-reactive ketones (excluding diaryl/α,β-unsaturated/α-hetero) is 1. The largest absolute Gasteiger partial charge is 0.497 e. The second kappa shape index (κ2) is 6.90. The first-order valence-corrected chi connectivity index (χ1v) is 9.28. The van der Waals surface area contributed by atoms with Crippen LogP contribution in [-0.2, 0) is 11.2 Å². The highest BCUT2D eigenvalue weighted by Gasteiger charge is 2.39. The number of hydrogen-bond acceptors (Lipinski definition) is 4. The van der Waals surface area contributed by atoms with E-state index >= 15 is 0 Å². The fraction of sp³-hybridized carbons (Fsp3) is 0.350. The van der Waals surface area contributed by atoms with Gasteiger partial charge in [-0.25, -0.2) is 0 Å². The molecule has 2 atom stereocenters. The van der Waals surface area contributed by atoms with Gasteiger partial charge in [-0.2, -0.15) is 0 Å². The van der Waals surface area contributed by atoms with Crippen molar-refractivity contribution in [2.45, 2.75) is 25.1 Å². The monoisotopic (exact) mass is 401 g/mol. The van der Waals surface area contributed by atoms with Gasteiger partial charge < -0.3 is 9.47 Å². The SMILES string of the molecule is COc1ccc(C(=O)C[C@@H]2CO[C@H]3c4ccc(Br)cc4CCN23)cc1. The van der Waals surface area contributed by atoms with E-state index < -0.39 is 0 Å². The Morgan fingerprint density at radius 1 is 1.28 bits per heavy atom. The normalized spacial score (nSPS) is 22.3. The summed E-state index contributed by atoms with van der Waals surface area (Å²) in [7, 11) is 1.62. The maximum atomic E-state index is 12.6. The molecular weight excluding hydrogens is 382 g/mol. The highest BCUT2D eigenvalue weighted by atomic mass is 79.9. The number of nitrogens with zero attached hydrogens (tertiary/aromatic N) is 1. The number of carbonyl (C=O) groups is 1. The molecule has 2 aliphatic rings. The number of rotatable bonds is 4. The minimum Gasteiger partial charge on any atom is -0.497 e. The van der Waals surface area contributed by atoms with Crippen LogP contribution in [0.2, 0.25) is 0 Å². The van der Waals surface area contributed by atoms with E-state index in [-0.39, 0.29) is 18.1 Å². The predicted octanol–water partition coefficient (Wildman–Crippen LogP) is 3.99. The maximum Gasteiger partial charge on any atom is 0.164 e. The molecule has 0 bridgehead atoms. The molecule has 0 spiro atoms. The molecular formula is C20H20BrNO3. The first-order valence-electron chi connectivity index (χ1n) is 8.48. The van der Waals surface area contributed by atoms with Gasteiger partial charge in [0.05, 0.1) is 13.7 Å². The summed E-state index contributed by atoms with van der Waals surface area (Å²) in [5.41, 5.74) is 3.29. The molecule has 2 aromatic carbocycles. The van der Waals surface area contributed by atoms with Crippen LogP contribution in [0.3, 0.4) is 0 Å². The van der Waals surface area contributed by atoms with E-state index in [1.54, 1.807) is 7.11 Å². The first-order chi connectivity index (χ1) is 12.2. The Bertz CT molecular complexity index is 790. The van der Waals surface area contributed by atoms with Crippen LogP contribution in [0.5, 0.6) is 5.75 Å². The maximum absolute atomic E-state index is 12.6. The molecule has 0 saturated carbocycles. The molecule has 2 aromatic rings. The lowest BCUT2D eigenvalue weighted by Gasteiger charge is -2.33. The molecule has 4 rings (SSSR count). The van der Waals surface area contributed by atoms with E-state index in [9.17, 15) is 4.79 Å². The molecule has 2 heterocycles. The van der Waals surface area contributed by atoms with Crippen molar-refractivity contribution in [2.24, 2.45) is 0 Å². The third kappa shape index (κ3) is 3.24. The number of methoxy groups -OCH3 is 1. The van der Waals surface area contributed by atoms with Crippen LogP contribution in [0.4, 0.5) is 0 Å². The summed E-state index contributed by atoms with van der Waals surface area (Å²) >= 11 is 3.54. The fourth-order valence-corrected chi connectivity index (χ4v) is 4.13. The lowest BCUT2D eigenvalue weighted by Crippen LogP contribution is -2.39. The topological polar surface area (TPSA) is 38.8 Å². The second-order valence-electron chi connectivity index (χ2n) is 6.53. The van der Waals surface area contributed by atoms with Crippen molar-refractivity contribution in [1.82, 2.24) is 4.90 Å². The van der Waals surface area contributed by atoms with Gasteiger partial charge in [0.2, 0.25) is 0 Å². The molecule has 5 heteroatoms. The van der Waals surface area contributed by atoms with Crippen LogP contribution in [0.25, 0.3) is 0 Å². The van der Waals surface area contributed by atoms with Gasteiger partial charge >= 0.3 is 0 Å². The smallest absolute Gasteiger partial charge is 0.164 e. The highest BCUT2D eigenvalue weighted by molar-refractivity contribution is 9.10. The van der Waals surface area contributed by atoms with Gasteiger partial charge in [0, 0.05) is 29.0 Å². The third-order valence-electron chi connectivity index (χ3n) is 5.06. The summed E-state index contributed by atoms with van der Waals surface area (Å²) in [5.74, 6) is 0.915. The molecule has 0 aliphatic carbocycles. The van der Waals surface area contributed by atoms with Crippen molar-refractivity contribution in [3.05, 3.63) is 63.6 Å². The Balaban J connectivity index is 1.48. The molecule has 0 aromatic heterocycles. The first kappa shape index (κ1) is 16.8. The molecule has 2 aliphatic heterocycles. The lowest BCUT2D eigenvalue weighted by molar-refractivity contribution is 0.0215. The quantitative estimate of drug-likeness (QED) is 0.726. The molecule has 1 saturated heterocycles. The molecule has 0 amide bonds. The lowest BCUT2D eigenvalue weighted by atomic mass is 9.96. The van der Waals surface area contributed by atoms with Crippen LogP contribution in [0, 0.1) is 0 Å². The fourth-order valence-electron chi connectivity index (χ4n) is 3.72. The average Bonchev–Trinajstić information content (AvgIpc) is 3.04. The van der Waals surface area contributed by atoms with E-state index in [1.807, 2.05) is 24.3 Å². The van der Waals surface area contributed by atoms with E-state index in [0.29, 0.717) is 13.0 Å². The summed E-state index contributed by atoms with van der Waals surface area (Å²) in [6, 6.07) is 13.8. The Kier molecular flexibility index (Phi) is 4.63. The Morgan fingerprint density at radius 2 is 2.08 bits per heavy atom. The van der Waals surface area contributed by atoms with Gasteiger partial charge in [0.15, 0.2) is 5.78 Å². The Labute approximate surface area is 155 Å². The van der Waals surface area contributed by atoms with Gasteiger partial charge in [-0.3, -0.25) is 9.69 Å². The minimum atomic E-state index is -0.0227. The molecule has 0 N–H and O–H groups in total. The molecule has 25 heavy (non-hydrogen) atoms. The van der Waals surface area contributed by atoms with Gasteiger partial charge in [0.25, 0.3) is 0 Å². The number of fused-ring (bicyclic) bond motifs is 3. The standard InChI is InChI=1S/C20H20BrNO3/c1-24-17-5-2-13(3-6-17)19(23)11-16-12-25-20-18-7-4-15(21)10-14(18)8-9-22(16)20/h2-7,10,16,20H,8-9,11-12H2,1H3/t16-,20+/m1/s1. The summed E-state index contributed by atoms with van der Waals surface area (Å²) in [6.07, 6.45) is 1.45. The molecule has 0 unspecified atom stereocenters. The summed E-state index contributed by atoms with van der Waals surface area (Å²) in [4.78, 5) is 15.0. The van der Waals surface area contributed by atoms with Crippen LogP contribution < -0.4 is 4.74 Å². The van der Waals surface area contributed by atoms with E-state index in [0.717, 1.165) is 28.8 Å². The molecule has 1 fully saturated rings. The van der Waals surface area contributed by atoms with Crippen LogP contribution in [0.1, 0.15) is 34.1 Å². The van der Waals surface area contributed by atoms with E-state index in [1.165, 1.54) is 11.1 Å². The van der Waals surface area contributed by atoms with Gasteiger partial charge in [-0.1, -0.05) is 22.0 Å². The predicted molar refractivity (Wildman–Crippen MR) is 99.0 cm³/mol. The number of hydrogen-bond donors (Lipinski definition) is 0. The zero-order chi connectivity index (χ0) is 17.4. The van der Waals surface area contributed by atoms with Gasteiger partial charge in [0.1, 0.15) is 12.0 Å². The molecule has 130 valence electrons. The zero-order valence-electron chi connectivity index (χ0n) is 14.1. The zero-order valence-corrected chi connectivity index (χ0v) is 15.7. The number of benzene rings is 2. The van der Waals surface area contributed by atoms with Crippen LogP contribution >= 0.6 is 15.9 Å². The van der Waals surface area contributed by atoms with Crippen LogP contribution in [0.15, 0.2) is 46.9 Å². The second-order valence-corrected chi connectivity index (χ2v) is 7.44. The Hall–Kier alpha value is -1.69. The average molecular weight is 402 g/mol. The van der Waals surface area contributed by atoms with Crippen molar-refractivity contribution < 1.29 is 14.3 Å². The third-order valence-corrected chi connectivity index (χ3v) is 5.55. The van der Waals surface area contributed by atoms with Crippen LogP contribution in [-0.4, -0.2) is 37.0 Å². The summed E-state index contributed by atoms with van der Waals surface area (Å²) in [6.45, 7) is 1.52. The highest BCUT2D eigenvalue weighted by Crippen LogP contribution is 2.38. The van der Waals surface area contributed by atoms with E-state index in [2.05, 4.69) is 39.0 Å². The van der Waals surface area contributed by atoms with Crippen molar-refractivity contribution >= 4 is 21.7 Å². The molecule has 4 nitrogen and oxygen atoms in total. The minimum absolute atomic E-state index is 0.0227. The summed E-state index contributed by atoms with van der Waals surface area (Å²) in [5, 5.41) is 0. The van der Waals surface area contributed by atoms with Crippen molar-refractivity contribution in [3.63, 3.8) is 0 Å². The Morgan fingerprint density at radius 3 is 2.84 bits per heavy atom. The molecule has 0 radical (unpaired) electrons. The number of ketones is 1. The van der Waals surface area contributed by atoms with E-state index in [4.69, 9.17) is 9.47 Å². The van der Waals surface area contributed by atoms with Gasteiger partial charge in [-0.05, 0) is 53.9 Å². The number of carbonyl (C=O) groups excluding carboxylic acids is 1. The summed E-state index contributed by atoms with van der Waals surface area (Å²) < 4.78 is 12.3. The van der Waals surface area contributed by atoms with Gasteiger partial charge in [-0.15, -0.1) is 0 Å². The number of ether oxygens (including phenoxy) is 2. The van der Waals surface area contributed by atoms with Crippen molar-refractivity contribution in [1.29, 1.82) is 0 Å². The number of halogens is 1. The van der Waals surface area contributed by atoms with Crippen molar-refractivity contribution in [2.75, 3.05) is 20.3 Å². The van der Waals surface area contributed by atoms with Crippen molar-refractivity contribution in [3.8, 4) is 5.75 Å².